The van der Waals surface area contributed by atoms with Crippen LogP contribution in [-0.2, 0) is 4.43 Å². The molecule has 0 radical (unpaired) electrons. The summed E-state index contributed by atoms with van der Waals surface area (Å²) in [5.41, 5.74) is 1.25. The van der Waals surface area contributed by atoms with E-state index in [1.54, 1.807) is 0 Å². The second-order valence-corrected chi connectivity index (χ2v) is 10.8. The van der Waals surface area contributed by atoms with Crippen LogP contribution in [0, 0.1) is 11.8 Å². The van der Waals surface area contributed by atoms with Crippen LogP contribution in [0.15, 0.2) is 29.1 Å². The highest BCUT2D eigenvalue weighted by atomic mass is 28.4. The summed E-state index contributed by atoms with van der Waals surface area (Å²) >= 11 is 0. The minimum Gasteiger partial charge on any atom is -0.532 e. The summed E-state index contributed by atoms with van der Waals surface area (Å²) in [6, 6.07) is 0. The van der Waals surface area contributed by atoms with Gasteiger partial charge in [-0.15, -0.1) is 0 Å². The van der Waals surface area contributed by atoms with E-state index in [-0.39, 0.29) is 0 Å². The van der Waals surface area contributed by atoms with Gasteiger partial charge in [0.15, 0.2) is 5.88 Å². The van der Waals surface area contributed by atoms with E-state index in [4.69, 9.17) is 4.43 Å². The van der Waals surface area contributed by atoms with E-state index in [1.807, 2.05) is 6.21 Å². The molecule has 18 heavy (non-hydrogen) atoms. The Kier molecular flexibility index (Phi) is 7.22. The van der Waals surface area contributed by atoms with Gasteiger partial charge >= 0.3 is 0 Å². The molecule has 0 bridgehead atoms. The van der Waals surface area contributed by atoms with Crippen LogP contribution >= 0.6 is 0 Å². The highest BCUT2D eigenvalue weighted by molar-refractivity contribution is 6.70. The van der Waals surface area contributed by atoms with Crippen LogP contribution in [0.4, 0.5) is 0 Å². The van der Waals surface area contributed by atoms with Crippen LogP contribution in [0.2, 0.25) is 19.6 Å². The van der Waals surface area contributed by atoms with E-state index in [1.165, 1.54) is 5.57 Å². The third-order valence-corrected chi connectivity index (χ3v) is 3.12. The van der Waals surface area contributed by atoms with Crippen LogP contribution in [0.25, 0.3) is 0 Å². The van der Waals surface area contributed by atoms with Crippen molar-refractivity contribution in [3.8, 4) is 0 Å². The van der Waals surface area contributed by atoms with Gasteiger partial charge in [-0.25, -0.2) is 4.99 Å². The average molecular weight is 267 g/mol. The maximum Gasteiger partial charge on any atom is 0.244 e. The average Bonchev–Trinajstić information content (AvgIpc) is 2.13. The molecular formula is C15H29NOSi. The van der Waals surface area contributed by atoms with Crippen molar-refractivity contribution in [2.75, 3.05) is 0 Å². The van der Waals surface area contributed by atoms with Crippen molar-refractivity contribution in [2.45, 2.75) is 53.8 Å². The monoisotopic (exact) mass is 267 g/mol. The number of hydrogen-bond donors (Lipinski definition) is 0. The van der Waals surface area contributed by atoms with Gasteiger partial charge in [-0.2, -0.15) is 0 Å². The maximum absolute atomic E-state index is 5.71. The zero-order valence-electron chi connectivity index (χ0n) is 13.1. The molecule has 0 fully saturated rings. The molecule has 0 aliphatic heterocycles. The topological polar surface area (TPSA) is 21.6 Å². The molecule has 0 aromatic rings. The van der Waals surface area contributed by atoms with Crippen molar-refractivity contribution in [1.82, 2.24) is 0 Å². The molecule has 0 aromatic heterocycles. The van der Waals surface area contributed by atoms with Gasteiger partial charge in [0.25, 0.3) is 0 Å². The van der Waals surface area contributed by atoms with E-state index < -0.39 is 8.32 Å². The van der Waals surface area contributed by atoms with Gasteiger partial charge in [-0.1, -0.05) is 33.8 Å². The minimum atomic E-state index is -1.59. The summed E-state index contributed by atoms with van der Waals surface area (Å²) < 4.78 is 5.71. The van der Waals surface area contributed by atoms with Gasteiger partial charge < -0.3 is 4.43 Å². The van der Waals surface area contributed by atoms with Gasteiger partial charge in [0.1, 0.15) is 0 Å². The number of nitrogens with zero attached hydrogens (tertiary/aromatic N) is 1. The number of rotatable bonds is 7. The summed E-state index contributed by atoms with van der Waals surface area (Å²) in [5.74, 6) is 1.69. The number of aliphatic imine (C=N–C) groups is 1. The smallest absolute Gasteiger partial charge is 0.244 e. The lowest BCUT2D eigenvalue weighted by atomic mass is 10.0. The second kappa shape index (κ2) is 7.57. The van der Waals surface area contributed by atoms with Gasteiger partial charge in [0.2, 0.25) is 8.32 Å². The van der Waals surface area contributed by atoms with Crippen LogP contribution in [0.5, 0.6) is 0 Å². The Morgan fingerprint density at radius 2 is 1.78 bits per heavy atom. The standard InChI is InChI=1S/C15H29NOSi/c1-12(2)9-10-15(13(3)4)11-16-14(5)17-18(6,7)8/h10-13H,5,9H2,1-4,6-8H3/b15-10-,16-11?. The maximum atomic E-state index is 5.71. The molecule has 2 nitrogen and oxygen atoms in total. The molecule has 0 aromatic carbocycles. The molecule has 0 N–H and O–H groups in total. The van der Waals surface area contributed by atoms with Gasteiger partial charge in [0.05, 0.1) is 0 Å². The molecule has 0 spiro atoms. The molecule has 0 aliphatic rings. The van der Waals surface area contributed by atoms with E-state index in [9.17, 15) is 0 Å². The van der Waals surface area contributed by atoms with Gasteiger partial charge in [-0.3, -0.25) is 0 Å². The fourth-order valence-electron chi connectivity index (χ4n) is 1.34. The zero-order chi connectivity index (χ0) is 14.3. The van der Waals surface area contributed by atoms with Crippen molar-refractivity contribution in [3.05, 3.63) is 24.1 Å². The highest BCUT2D eigenvalue weighted by Crippen LogP contribution is 2.14. The largest absolute Gasteiger partial charge is 0.532 e. The first-order valence-electron chi connectivity index (χ1n) is 6.74. The SMILES string of the molecule is C=C(N=C/C(=C/CC(C)C)C(C)C)O[Si](C)(C)C. The van der Waals surface area contributed by atoms with E-state index in [2.05, 4.69) is 65.0 Å². The van der Waals surface area contributed by atoms with Crippen molar-refractivity contribution in [1.29, 1.82) is 0 Å². The fraction of sp³-hybridized carbons (Fsp3) is 0.667. The summed E-state index contributed by atoms with van der Waals surface area (Å²) in [4.78, 5) is 4.33. The first-order valence-corrected chi connectivity index (χ1v) is 10.1. The van der Waals surface area contributed by atoms with Crippen LogP contribution < -0.4 is 0 Å². The third kappa shape index (κ3) is 9.22. The zero-order valence-corrected chi connectivity index (χ0v) is 14.1. The second-order valence-electron chi connectivity index (χ2n) is 6.35. The van der Waals surface area contributed by atoms with Gasteiger partial charge in [0, 0.05) is 6.21 Å². The molecule has 0 unspecified atom stereocenters. The molecule has 0 saturated heterocycles. The Bertz CT molecular complexity index is 322. The number of allylic oxidation sites excluding steroid dienone is 2. The van der Waals surface area contributed by atoms with Gasteiger partial charge in [-0.05, 0) is 50.0 Å². The lowest BCUT2D eigenvalue weighted by molar-refractivity contribution is 0.421. The van der Waals surface area contributed by atoms with Crippen molar-refractivity contribution < 1.29 is 4.43 Å². The Morgan fingerprint density at radius 3 is 2.17 bits per heavy atom. The summed E-state index contributed by atoms with van der Waals surface area (Å²) in [5, 5.41) is 0. The first-order chi connectivity index (χ1) is 8.11. The molecule has 0 aliphatic carbocycles. The number of hydrogen-bond acceptors (Lipinski definition) is 2. The van der Waals surface area contributed by atoms with Crippen molar-refractivity contribution in [3.63, 3.8) is 0 Å². The molecule has 0 heterocycles. The Hall–Kier alpha value is -0.833. The molecule has 0 atom stereocenters. The lowest BCUT2D eigenvalue weighted by Gasteiger charge is -2.18. The quantitative estimate of drug-likeness (QED) is 0.361. The molecule has 0 amide bonds. The molecule has 0 saturated carbocycles. The Balaban J connectivity index is 4.59. The van der Waals surface area contributed by atoms with Crippen LogP contribution in [0.1, 0.15) is 34.1 Å². The minimum absolute atomic E-state index is 0.479. The summed E-state index contributed by atoms with van der Waals surface area (Å²) in [7, 11) is -1.59. The molecule has 104 valence electrons. The molecular weight excluding hydrogens is 238 g/mol. The van der Waals surface area contributed by atoms with E-state index >= 15 is 0 Å². The Morgan fingerprint density at radius 1 is 1.22 bits per heavy atom. The summed E-state index contributed by atoms with van der Waals surface area (Å²) in [6.07, 6.45) is 5.25. The van der Waals surface area contributed by atoms with E-state index in [0.29, 0.717) is 17.7 Å². The fourth-order valence-corrected chi connectivity index (χ4v) is 2.10. The Labute approximate surface area is 114 Å². The van der Waals surface area contributed by atoms with E-state index in [0.717, 1.165) is 6.42 Å². The molecule has 3 heteroatoms. The van der Waals surface area contributed by atoms with Crippen molar-refractivity contribution in [2.24, 2.45) is 16.8 Å². The highest BCUT2D eigenvalue weighted by Gasteiger charge is 2.16. The normalized spacial score (nSPS) is 13.7. The first kappa shape index (κ1) is 17.2. The van der Waals surface area contributed by atoms with Crippen LogP contribution in [-0.4, -0.2) is 14.5 Å². The lowest BCUT2D eigenvalue weighted by Crippen LogP contribution is -2.24. The van der Waals surface area contributed by atoms with Crippen molar-refractivity contribution >= 4 is 14.5 Å². The van der Waals surface area contributed by atoms with Crippen LogP contribution in [0.3, 0.4) is 0 Å². The predicted octanol–water partition coefficient (Wildman–Crippen LogP) is 5.01. The summed E-state index contributed by atoms with van der Waals surface area (Å²) in [6.45, 7) is 19.0. The predicted molar refractivity (Wildman–Crippen MR) is 84.4 cm³/mol. The molecule has 0 rings (SSSR count). The third-order valence-electron chi connectivity index (χ3n) is 2.27.